The molecule has 0 radical (unpaired) electrons. The van der Waals surface area contributed by atoms with Gasteiger partial charge in [0.05, 0.1) is 5.69 Å². The molecule has 0 amide bonds. The van der Waals surface area contributed by atoms with E-state index in [9.17, 15) is 0 Å². The number of para-hydroxylation sites is 2. The quantitative estimate of drug-likeness (QED) is 0.613. The molecular weight excluding hydrogens is 244 g/mol. The summed E-state index contributed by atoms with van der Waals surface area (Å²) in [4.78, 5) is 4.71. The molecule has 104 valence electrons. The summed E-state index contributed by atoms with van der Waals surface area (Å²) in [6.45, 7) is 6.34. The maximum atomic E-state index is 4.71. The predicted octanol–water partition coefficient (Wildman–Crippen LogP) is 4.97. The fourth-order valence-electron chi connectivity index (χ4n) is 2.27. The average Bonchev–Trinajstić information content (AvgIpc) is 2.48. The third-order valence-electron chi connectivity index (χ3n) is 3.37. The molecule has 1 N–H and O–H groups in total. The number of nitrogens with one attached hydrogen (secondary N) is 1. The molecule has 0 spiro atoms. The summed E-state index contributed by atoms with van der Waals surface area (Å²) in [5, 5.41) is 3.41. The molecule has 2 nitrogen and oxygen atoms in total. The molecule has 0 fully saturated rings. The molecule has 20 heavy (non-hydrogen) atoms. The van der Waals surface area contributed by atoms with Crippen LogP contribution in [0.5, 0.6) is 0 Å². The van der Waals surface area contributed by atoms with E-state index in [1.165, 1.54) is 11.1 Å². The SMILES string of the molecule is CCc1ccccc1/N=C(\C)Nc1ccccc1CC. The van der Waals surface area contributed by atoms with Crippen LogP contribution in [0.1, 0.15) is 31.9 Å². The van der Waals surface area contributed by atoms with Crippen molar-refractivity contribution in [2.45, 2.75) is 33.6 Å². The third-order valence-corrected chi connectivity index (χ3v) is 3.37. The van der Waals surface area contributed by atoms with Gasteiger partial charge in [0.15, 0.2) is 0 Å². The average molecular weight is 266 g/mol. The Labute approximate surface area is 121 Å². The fraction of sp³-hybridized carbons (Fsp3) is 0.278. The highest BCUT2D eigenvalue weighted by atomic mass is 15.0. The van der Waals surface area contributed by atoms with Gasteiger partial charge in [-0.1, -0.05) is 50.2 Å². The maximum absolute atomic E-state index is 4.71. The van der Waals surface area contributed by atoms with Crippen LogP contribution in [0.4, 0.5) is 11.4 Å². The van der Waals surface area contributed by atoms with Gasteiger partial charge in [-0.25, -0.2) is 4.99 Å². The van der Waals surface area contributed by atoms with Gasteiger partial charge < -0.3 is 5.32 Å². The van der Waals surface area contributed by atoms with E-state index in [4.69, 9.17) is 4.99 Å². The molecule has 0 aliphatic rings. The van der Waals surface area contributed by atoms with Gasteiger partial charge in [0.25, 0.3) is 0 Å². The highest BCUT2D eigenvalue weighted by Gasteiger charge is 2.02. The van der Waals surface area contributed by atoms with E-state index in [0.717, 1.165) is 30.1 Å². The van der Waals surface area contributed by atoms with Gasteiger partial charge in [-0.2, -0.15) is 0 Å². The lowest BCUT2D eigenvalue weighted by molar-refractivity contribution is 1.13. The molecule has 0 aliphatic carbocycles. The van der Waals surface area contributed by atoms with Crippen LogP contribution in [-0.4, -0.2) is 5.84 Å². The zero-order valence-electron chi connectivity index (χ0n) is 12.5. The van der Waals surface area contributed by atoms with E-state index >= 15 is 0 Å². The summed E-state index contributed by atoms with van der Waals surface area (Å²) in [7, 11) is 0. The van der Waals surface area contributed by atoms with E-state index in [0.29, 0.717) is 0 Å². The van der Waals surface area contributed by atoms with Crippen LogP contribution in [0, 0.1) is 0 Å². The summed E-state index contributed by atoms with van der Waals surface area (Å²) in [5.74, 6) is 0.923. The van der Waals surface area contributed by atoms with Crippen molar-refractivity contribution in [3.63, 3.8) is 0 Å². The highest BCUT2D eigenvalue weighted by Crippen LogP contribution is 2.20. The van der Waals surface area contributed by atoms with E-state index < -0.39 is 0 Å². The Kier molecular flexibility index (Phi) is 4.94. The molecule has 2 heteroatoms. The zero-order chi connectivity index (χ0) is 14.4. The van der Waals surface area contributed by atoms with Gasteiger partial charge >= 0.3 is 0 Å². The largest absolute Gasteiger partial charge is 0.344 e. The van der Waals surface area contributed by atoms with Crippen LogP contribution < -0.4 is 5.32 Å². The molecule has 0 aliphatic heterocycles. The van der Waals surface area contributed by atoms with Gasteiger partial charge in [0.1, 0.15) is 5.84 Å². The van der Waals surface area contributed by atoms with Gasteiger partial charge in [0.2, 0.25) is 0 Å². The number of nitrogens with zero attached hydrogens (tertiary/aromatic N) is 1. The van der Waals surface area contributed by atoms with Crippen molar-refractivity contribution < 1.29 is 0 Å². The molecule has 0 atom stereocenters. The van der Waals surface area contributed by atoms with Crippen molar-refractivity contribution in [3.8, 4) is 0 Å². The Hall–Kier alpha value is -2.09. The van der Waals surface area contributed by atoms with Crippen LogP contribution in [0.15, 0.2) is 53.5 Å². The number of benzene rings is 2. The summed E-state index contributed by atoms with van der Waals surface area (Å²) < 4.78 is 0. The molecule has 2 aromatic carbocycles. The monoisotopic (exact) mass is 266 g/mol. The van der Waals surface area contributed by atoms with Crippen molar-refractivity contribution in [3.05, 3.63) is 59.7 Å². The van der Waals surface area contributed by atoms with Crippen LogP contribution in [0.25, 0.3) is 0 Å². The van der Waals surface area contributed by atoms with E-state index in [1.54, 1.807) is 0 Å². The minimum absolute atomic E-state index is 0.923. The van der Waals surface area contributed by atoms with Crippen LogP contribution >= 0.6 is 0 Å². The summed E-state index contributed by atoms with van der Waals surface area (Å²) >= 11 is 0. The number of hydrogen-bond donors (Lipinski definition) is 1. The Morgan fingerprint density at radius 2 is 1.50 bits per heavy atom. The molecule has 0 saturated carbocycles. The van der Waals surface area contributed by atoms with E-state index in [1.807, 2.05) is 13.0 Å². The van der Waals surface area contributed by atoms with Crippen LogP contribution in [0.2, 0.25) is 0 Å². The second-order valence-electron chi connectivity index (χ2n) is 4.82. The van der Waals surface area contributed by atoms with Gasteiger partial charge in [-0.05, 0) is 43.0 Å². The molecule has 0 heterocycles. The second kappa shape index (κ2) is 6.90. The lowest BCUT2D eigenvalue weighted by Gasteiger charge is -2.11. The van der Waals surface area contributed by atoms with Gasteiger partial charge in [-0.15, -0.1) is 0 Å². The second-order valence-corrected chi connectivity index (χ2v) is 4.82. The van der Waals surface area contributed by atoms with Crippen LogP contribution in [-0.2, 0) is 12.8 Å². The number of hydrogen-bond acceptors (Lipinski definition) is 1. The lowest BCUT2D eigenvalue weighted by atomic mass is 10.1. The Balaban J connectivity index is 2.23. The standard InChI is InChI=1S/C18H22N2/c1-4-15-10-6-8-12-17(15)19-14(3)20-18-13-9-7-11-16(18)5-2/h6-13H,4-5H2,1-3H3,(H,19,20). The molecule has 0 saturated heterocycles. The first-order valence-electron chi connectivity index (χ1n) is 7.22. The van der Waals surface area contributed by atoms with Gasteiger partial charge in [-0.3, -0.25) is 0 Å². The van der Waals surface area contributed by atoms with Gasteiger partial charge in [0, 0.05) is 5.69 Å². The first-order valence-corrected chi connectivity index (χ1v) is 7.22. The molecular formula is C18H22N2. The first-order chi connectivity index (χ1) is 9.74. The van der Waals surface area contributed by atoms with E-state index in [2.05, 4.69) is 61.6 Å². The summed E-state index contributed by atoms with van der Waals surface area (Å²) in [6, 6.07) is 16.7. The van der Waals surface area contributed by atoms with Crippen LogP contribution in [0.3, 0.4) is 0 Å². The molecule has 2 rings (SSSR count). The fourth-order valence-corrected chi connectivity index (χ4v) is 2.27. The molecule has 0 unspecified atom stereocenters. The summed E-state index contributed by atoms with van der Waals surface area (Å²) in [6.07, 6.45) is 2.01. The Morgan fingerprint density at radius 3 is 2.20 bits per heavy atom. The maximum Gasteiger partial charge on any atom is 0.103 e. The predicted molar refractivity (Wildman–Crippen MR) is 88.0 cm³/mol. The summed E-state index contributed by atoms with van der Waals surface area (Å²) in [5.41, 5.74) is 4.78. The highest BCUT2D eigenvalue weighted by molar-refractivity contribution is 5.96. The van der Waals surface area contributed by atoms with E-state index in [-0.39, 0.29) is 0 Å². The smallest absolute Gasteiger partial charge is 0.103 e. The van der Waals surface area contributed by atoms with Crippen molar-refractivity contribution in [2.75, 3.05) is 5.32 Å². The normalized spacial score (nSPS) is 11.4. The van der Waals surface area contributed by atoms with Crippen molar-refractivity contribution in [2.24, 2.45) is 4.99 Å². The molecule has 0 aromatic heterocycles. The van der Waals surface area contributed by atoms with Crippen molar-refractivity contribution in [1.29, 1.82) is 0 Å². The van der Waals surface area contributed by atoms with Crippen molar-refractivity contribution >= 4 is 17.2 Å². The Bertz CT molecular complexity index is 600. The minimum Gasteiger partial charge on any atom is -0.344 e. The molecule has 2 aromatic rings. The molecule has 0 bridgehead atoms. The topological polar surface area (TPSA) is 24.4 Å². The third kappa shape index (κ3) is 3.47. The zero-order valence-corrected chi connectivity index (χ0v) is 12.5. The number of anilines is 1. The number of amidine groups is 1. The lowest BCUT2D eigenvalue weighted by Crippen LogP contribution is -2.08. The minimum atomic E-state index is 0.923. The Morgan fingerprint density at radius 1 is 0.900 bits per heavy atom. The first kappa shape index (κ1) is 14.3. The number of aliphatic imine (C=N–C) groups is 1. The number of aryl methyl sites for hydroxylation is 2. The van der Waals surface area contributed by atoms with Crippen molar-refractivity contribution in [1.82, 2.24) is 0 Å². The number of rotatable bonds is 4.